The quantitative estimate of drug-likeness (QED) is 0.522. The van der Waals surface area contributed by atoms with Crippen LogP contribution in [0.3, 0.4) is 0 Å². The average molecular weight is 351 g/mol. The maximum atomic E-state index is 11.1. The first-order valence-corrected chi connectivity index (χ1v) is 7.10. The van der Waals surface area contributed by atoms with Gasteiger partial charge in [0, 0.05) is 2.85 Å². The van der Waals surface area contributed by atoms with Gasteiger partial charge in [0.1, 0.15) is 16.3 Å². The molecule has 0 fully saturated rings. The zero-order valence-electron chi connectivity index (χ0n) is 12.0. The van der Waals surface area contributed by atoms with E-state index in [2.05, 4.69) is 4.98 Å². The molecule has 7 nitrogen and oxygen atoms in total. The van der Waals surface area contributed by atoms with Crippen molar-refractivity contribution in [1.82, 2.24) is 9.97 Å². The second kappa shape index (κ2) is 6.51. The van der Waals surface area contributed by atoms with Crippen molar-refractivity contribution in [3.63, 3.8) is 0 Å². The van der Waals surface area contributed by atoms with E-state index >= 15 is 0 Å². The van der Waals surface area contributed by atoms with Crippen LogP contribution in [0.1, 0.15) is 2.85 Å². The van der Waals surface area contributed by atoms with Crippen LogP contribution >= 0.6 is 11.6 Å². The molecule has 0 radical (unpaired) electrons. The molecule has 1 N–H and O–H groups in total. The highest BCUT2D eigenvalue weighted by atomic mass is 35.5. The van der Waals surface area contributed by atoms with E-state index in [1.807, 2.05) is 4.98 Å². The lowest BCUT2D eigenvalue weighted by Crippen LogP contribution is -2.17. The predicted octanol–water partition coefficient (Wildman–Crippen LogP) is 2.81. The highest BCUT2D eigenvalue weighted by Gasteiger charge is 2.02. The Kier molecular flexibility index (Phi) is 4.26. The molecule has 4 rings (SSSR count). The number of benzene rings is 2. The van der Waals surface area contributed by atoms with Gasteiger partial charge < -0.3 is 8.83 Å². The van der Waals surface area contributed by atoms with Crippen LogP contribution in [0.25, 0.3) is 21.9 Å². The highest BCUT2D eigenvalue weighted by Crippen LogP contribution is 2.17. The standard InChI is InChI=1S/C8H4ClNO2.C8H5NO3.2H2/c9-7-5-3-1-2-4-6(5)12-8(11)10-7;10-7-5-3-1-2-4-6(5)12-8(11)9-7;;/h1-4H;1-4H,(H,9,10,11);2*1H/i;;2*1+1. The SMILES string of the molecule is O=c1[nH]c(=O)c2ccccc2o1.O=c1nc(Cl)c2ccccc2o1.[2HH].[2HH]. The molecule has 2 aromatic heterocycles. The number of nitrogens with zero attached hydrogens (tertiary/aromatic N) is 1. The highest BCUT2D eigenvalue weighted by molar-refractivity contribution is 6.33. The fraction of sp³-hybridized carbons (Fsp3) is 0. The Balaban J connectivity index is 0.000000241. The van der Waals surface area contributed by atoms with Gasteiger partial charge in [0.2, 0.25) is 0 Å². The van der Waals surface area contributed by atoms with Gasteiger partial charge in [0.25, 0.3) is 5.56 Å². The summed E-state index contributed by atoms with van der Waals surface area (Å²) >= 11 is 5.69. The topological polar surface area (TPSA) is 106 Å². The monoisotopic (exact) mass is 350 g/mol. The fourth-order valence-corrected chi connectivity index (χ4v) is 2.24. The van der Waals surface area contributed by atoms with Crippen molar-refractivity contribution in [3.05, 3.63) is 85.1 Å². The molecule has 2 heterocycles. The second-order valence-electron chi connectivity index (χ2n) is 4.61. The molecule has 0 aliphatic carbocycles. The van der Waals surface area contributed by atoms with E-state index < -0.39 is 17.1 Å². The van der Waals surface area contributed by atoms with Gasteiger partial charge in [-0.2, -0.15) is 4.98 Å². The fourth-order valence-electron chi connectivity index (χ4n) is 2.01. The number of aromatic amines is 1. The van der Waals surface area contributed by atoms with Crippen molar-refractivity contribution in [2.45, 2.75) is 0 Å². The van der Waals surface area contributed by atoms with Gasteiger partial charge in [0.05, 0.1) is 10.8 Å². The Hall–Kier alpha value is -3.19. The normalized spacial score (nSPS) is 10.4. The molecule has 0 aliphatic heterocycles. The molecule has 0 saturated heterocycles. The van der Waals surface area contributed by atoms with E-state index in [0.717, 1.165) is 0 Å². The summed E-state index contributed by atoms with van der Waals surface area (Å²) in [6.45, 7) is 0. The predicted molar refractivity (Wildman–Crippen MR) is 92.6 cm³/mol. The van der Waals surface area contributed by atoms with Gasteiger partial charge in [-0.3, -0.25) is 9.78 Å². The van der Waals surface area contributed by atoms with Crippen LogP contribution in [0.2, 0.25) is 5.15 Å². The average Bonchev–Trinajstić information content (AvgIpc) is 2.55. The number of fused-ring (bicyclic) bond motifs is 2. The third kappa shape index (κ3) is 3.26. The number of hydrogen-bond acceptors (Lipinski definition) is 6. The number of para-hydroxylation sites is 2. The number of hydrogen-bond donors (Lipinski definition) is 1. The van der Waals surface area contributed by atoms with Crippen molar-refractivity contribution in [2.24, 2.45) is 0 Å². The summed E-state index contributed by atoms with van der Waals surface area (Å²) in [5.41, 5.74) is 0.357. The minimum Gasteiger partial charge on any atom is -0.409 e. The van der Waals surface area contributed by atoms with E-state index in [0.29, 0.717) is 21.9 Å². The van der Waals surface area contributed by atoms with Crippen molar-refractivity contribution >= 4 is 33.5 Å². The molecule has 8 heteroatoms. The first-order valence-electron chi connectivity index (χ1n) is 6.72. The molecule has 0 bridgehead atoms. The van der Waals surface area contributed by atoms with Gasteiger partial charge in [-0.05, 0) is 24.3 Å². The first-order chi connectivity index (χ1) is 11.5. The van der Waals surface area contributed by atoms with Crippen molar-refractivity contribution in [2.75, 3.05) is 0 Å². The summed E-state index contributed by atoms with van der Waals surface area (Å²) < 4.78 is 9.52. The number of aromatic nitrogens is 2. The van der Waals surface area contributed by atoms with E-state index in [1.54, 1.807) is 48.5 Å². The van der Waals surface area contributed by atoms with Gasteiger partial charge in [-0.15, -0.1) is 0 Å². The third-order valence-electron chi connectivity index (χ3n) is 3.05. The van der Waals surface area contributed by atoms with Crippen LogP contribution in [0.15, 0.2) is 71.7 Å². The van der Waals surface area contributed by atoms with Crippen LogP contribution < -0.4 is 17.1 Å². The minimum atomic E-state index is -0.723. The minimum absolute atomic E-state index is 0. The van der Waals surface area contributed by atoms with Crippen LogP contribution in [0.5, 0.6) is 0 Å². The Bertz CT molecular complexity index is 1200. The Morgan fingerprint density at radius 3 is 2.17 bits per heavy atom. The first kappa shape index (κ1) is 15.7. The lowest BCUT2D eigenvalue weighted by atomic mass is 10.3. The van der Waals surface area contributed by atoms with Gasteiger partial charge in [-0.1, -0.05) is 35.9 Å². The van der Waals surface area contributed by atoms with E-state index in [1.165, 1.54) is 0 Å². The molecule has 0 amide bonds. The molecule has 0 atom stereocenters. The number of nitrogens with one attached hydrogen (secondary N) is 1. The van der Waals surface area contributed by atoms with Crippen LogP contribution in [0.4, 0.5) is 0 Å². The number of H-pyrrole nitrogens is 1. The maximum absolute atomic E-state index is 11.1. The zero-order chi connectivity index (χ0) is 17.1. The van der Waals surface area contributed by atoms with Gasteiger partial charge >= 0.3 is 11.5 Å². The molecule has 0 saturated carbocycles. The summed E-state index contributed by atoms with van der Waals surface area (Å²) in [7, 11) is 0. The van der Waals surface area contributed by atoms with E-state index in [-0.39, 0.29) is 8.01 Å². The molecule has 4 aromatic rings. The Morgan fingerprint density at radius 2 is 1.46 bits per heavy atom. The van der Waals surface area contributed by atoms with Crippen molar-refractivity contribution < 1.29 is 11.7 Å². The Labute approximate surface area is 141 Å². The Morgan fingerprint density at radius 1 is 0.875 bits per heavy atom. The summed E-state index contributed by atoms with van der Waals surface area (Å²) in [6, 6.07) is 13.6. The second-order valence-corrected chi connectivity index (χ2v) is 4.96. The van der Waals surface area contributed by atoms with Crippen molar-refractivity contribution in [1.29, 1.82) is 0 Å². The summed E-state index contributed by atoms with van der Waals surface area (Å²) in [5.74, 6) is -1.39. The lowest BCUT2D eigenvalue weighted by Gasteiger charge is -1.94. The largest absolute Gasteiger partial charge is 0.440 e. The smallest absolute Gasteiger partial charge is 0.409 e. The molecular weight excluding hydrogens is 336 g/mol. The van der Waals surface area contributed by atoms with Crippen LogP contribution in [0, 0.1) is 0 Å². The molecule has 124 valence electrons. The molecule has 0 unspecified atom stereocenters. The molecule has 0 aliphatic rings. The number of halogens is 1. The molecule has 24 heavy (non-hydrogen) atoms. The molecule has 0 spiro atoms. The zero-order valence-corrected chi connectivity index (χ0v) is 12.7. The number of rotatable bonds is 0. The van der Waals surface area contributed by atoms with Crippen LogP contribution in [-0.4, -0.2) is 9.97 Å². The van der Waals surface area contributed by atoms with E-state index in [4.69, 9.17) is 20.4 Å². The summed E-state index contributed by atoms with van der Waals surface area (Å²) in [5, 5.41) is 1.22. The molecular formula is C16H13ClN2O5. The molecule has 2 aromatic carbocycles. The summed E-state index contributed by atoms with van der Waals surface area (Å²) in [4.78, 5) is 38.0. The van der Waals surface area contributed by atoms with Crippen molar-refractivity contribution in [3.8, 4) is 0 Å². The lowest BCUT2D eigenvalue weighted by molar-refractivity contribution is 0.528. The van der Waals surface area contributed by atoms with Gasteiger partial charge in [0.15, 0.2) is 0 Å². The third-order valence-corrected chi connectivity index (χ3v) is 3.33. The summed E-state index contributed by atoms with van der Waals surface area (Å²) in [6.07, 6.45) is 0. The van der Waals surface area contributed by atoms with E-state index in [9.17, 15) is 14.4 Å². The van der Waals surface area contributed by atoms with Gasteiger partial charge in [-0.25, -0.2) is 9.59 Å². The maximum Gasteiger partial charge on any atom is 0.440 e. The van der Waals surface area contributed by atoms with Crippen LogP contribution in [-0.2, 0) is 0 Å².